The molecule has 0 fully saturated rings. The molecule has 0 spiro atoms. The van der Waals surface area contributed by atoms with Crippen LogP contribution in [0.15, 0.2) is 36.4 Å². The van der Waals surface area contributed by atoms with Crippen LogP contribution in [0.25, 0.3) is 5.65 Å². The van der Waals surface area contributed by atoms with Crippen LogP contribution in [0, 0.1) is 0 Å². The lowest BCUT2D eigenvalue weighted by Gasteiger charge is -2.10. The molecule has 0 bridgehead atoms. The second kappa shape index (κ2) is 6.09. The minimum Gasteiger partial charge on any atom is -0.465 e. The van der Waals surface area contributed by atoms with Gasteiger partial charge in [0.1, 0.15) is 0 Å². The van der Waals surface area contributed by atoms with Gasteiger partial charge in [-0.25, -0.2) is 4.79 Å². The molecule has 23 heavy (non-hydrogen) atoms. The molecular weight excluding hydrogens is 320 g/mol. The third kappa shape index (κ3) is 3.32. The van der Waals surface area contributed by atoms with Crippen molar-refractivity contribution in [2.45, 2.75) is 13.0 Å². The molecule has 2 heterocycles. The van der Waals surface area contributed by atoms with Crippen molar-refractivity contribution in [3.8, 4) is 0 Å². The third-order valence-electron chi connectivity index (χ3n) is 3.11. The van der Waals surface area contributed by atoms with E-state index in [1.807, 2.05) is 12.1 Å². The normalized spacial score (nSPS) is 12.1. The molecule has 1 amide bonds. The van der Waals surface area contributed by atoms with E-state index < -0.39 is 12.1 Å². The van der Waals surface area contributed by atoms with Crippen molar-refractivity contribution in [1.82, 2.24) is 25.1 Å². The number of halogens is 1. The molecule has 9 heteroatoms. The summed E-state index contributed by atoms with van der Waals surface area (Å²) >= 11 is 5.95. The van der Waals surface area contributed by atoms with Crippen molar-refractivity contribution >= 4 is 34.8 Å². The van der Waals surface area contributed by atoms with Gasteiger partial charge in [-0.15, -0.1) is 15.3 Å². The molecule has 118 valence electrons. The van der Waals surface area contributed by atoms with Crippen molar-refractivity contribution < 1.29 is 9.90 Å². The number of carbonyl (C=O) groups is 1. The minimum absolute atomic E-state index is 0.400. The van der Waals surface area contributed by atoms with Crippen LogP contribution in [-0.4, -0.2) is 31.0 Å². The highest BCUT2D eigenvalue weighted by Gasteiger charge is 2.16. The molecular formula is C14H13ClN6O2. The van der Waals surface area contributed by atoms with Crippen molar-refractivity contribution in [3.05, 3.63) is 47.2 Å². The number of nitrogens with zero attached hydrogens (tertiary/aromatic N) is 4. The Morgan fingerprint density at radius 1 is 1.30 bits per heavy atom. The maximum Gasteiger partial charge on any atom is 0.405 e. The van der Waals surface area contributed by atoms with Crippen molar-refractivity contribution in [2.24, 2.45) is 0 Å². The lowest BCUT2D eigenvalue weighted by molar-refractivity contribution is 0.190. The first-order valence-electron chi connectivity index (χ1n) is 6.77. The van der Waals surface area contributed by atoms with Crippen LogP contribution in [0.4, 0.5) is 16.3 Å². The molecule has 3 N–H and O–H groups in total. The molecule has 0 aliphatic rings. The Bertz CT molecular complexity index is 865. The summed E-state index contributed by atoms with van der Waals surface area (Å²) in [6.45, 7) is 1.67. The first kappa shape index (κ1) is 15.0. The zero-order valence-corrected chi connectivity index (χ0v) is 12.8. The van der Waals surface area contributed by atoms with E-state index in [2.05, 4.69) is 25.9 Å². The third-order valence-corrected chi connectivity index (χ3v) is 3.35. The Hall–Kier alpha value is -2.87. The van der Waals surface area contributed by atoms with E-state index in [1.165, 1.54) is 4.52 Å². The lowest BCUT2D eigenvalue weighted by atomic mass is 10.3. The molecule has 0 aliphatic carbocycles. The van der Waals surface area contributed by atoms with E-state index in [0.717, 1.165) is 5.69 Å². The van der Waals surface area contributed by atoms with Crippen LogP contribution in [0.1, 0.15) is 18.8 Å². The van der Waals surface area contributed by atoms with Gasteiger partial charge in [-0.2, -0.15) is 4.52 Å². The van der Waals surface area contributed by atoms with Gasteiger partial charge >= 0.3 is 6.09 Å². The monoisotopic (exact) mass is 332 g/mol. The minimum atomic E-state index is -1.14. The van der Waals surface area contributed by atoms with Crippen LogP contribution < -0.4 is 10.6 Å². The summed E-state index contributed by atoms with van der Waals surface area (Å²) in [6.07, 6.45) is -1.14. The molecule has 0 saturated carbocycles. The number of hydrogen-bond acceptors (Lipinski definition) is 5. The number of fused-ring (bicyclic) bond motifs is 1. The molecule has 8 nitrogen and oxygen atoms in total. The van der Waals surface area contributed by atoms with Crippen molar-refractivity contribution in [2.75, 3.05) is 5.32 Å². The molecule has 3 rings (SSSR count). The molecule has 2 aromatic heterocycles. The molecule has 1 aromatic carbocycles. The van der Waals surface area contributed by atoms with Gasteiger partial charge in [-0.1, -0.05) is 17.7 Å². The SMILES string of the molecule is CC(NC(=O)O)c1nnc2ccc(Nc3cccc(Cl)c3)nn12. The first-order chi connectivity index (χ1) is 11.0. The number of hydrogen-bond donors (Lipinski definition) is 3. The maximum atomic E-state index is 10.8. The Labute approximate surface area is 136 Å². The van der Waals surface area contributed by atoms with E-state index in [-0.39, 0.29) is 0 Å². The average molecular weight is 333 g/mol. The van der Waals surface area contributed by atoms with Gasteiger partial charge in [0.25, 0.3) is 0 Å². The Balaban J connectivity index is 1.92. The molecule has 0 radical (unpaired) electrons. The zero-order chi connectivity index (χ0) is 16.4. The summed E-state index contributed by atoms with van der Waals surface area (Å²) in [5, 5.41) is 27.2. The molecule has 0 aliphatic heterocycles. The predicted molar refractivity (Wildman–Crippen MR) is 85.1 cm³/mol. The number of benzene rings is 1. The second-order valence-electron chi connectivity index (χ2n) is 4.85. The van der Waals surface area contributed by atoms with E-state index in [1.54, 1.807) is 31.2 Å². The summed E-state index contributed by atoms with van der Waals surface area (Å²) < 4.78 is 1.49. The Morgan fingerprint density at radius 3 is 2.87 bits per heavy atom. The molecule has 3 aromatic rings. The number of amides is 1. The quantitative estimate of drug-likeness (QED) is 0.678. The highest BCUT2D eigenvalue weighted by molar-refractivity contribution is 6.30. The zero-order valence-electron chi connectivity index (χ0n) is 12.1. The van der Waals surface area contributed by atoms with Gasteiger partial charge in [-0.3, -0.25) is 0 Å². The van der Waals surface area contributed by atoms with Gasteiger partial charge in [0, 0.05) is 10.7 Å². The van der Waals surface area contributed by atoms with E-state index in [0.29, 0.717) is 22.3 Å². The largest absolute Gasteiger partial charge is 0.465 e. The van der Waals surface area contributed by atoms with Crippen LogP contribution in [0.2, 0.25) is 5.02 Å². The van der Waals surface area contributed by atoms with Crippen LogP contribution in [0.3, 0.4) is 0 Å². The smallest absolute Gasteiger partial charge is 0.405 e. The summed E-state index contributed by atoms with van der Waals surface area (Å²) in [4.78, 5) is 10.8. The summed E-state index contributed by atoms with van der Waals surface area (Å²) in [6, 6.07) is 10.2. The van der Waals surface area contributed by atoms with Gasteiger partial charge in [0.15, 0.2) is 17.3 Å². The number of aromatic nitrogens is 4. The molecule has 1 unspecified atom stereocenters. The van der Waals surface area contributed by atoms with Gasteiger partial charge in [0.05, 0.1) is 6.04 Å². The van der Waals surface area contributed by atoms with E-state index in [9.17, 15) is 4.79 Å². The van der Waals surface area contributed by atoms with Gasteiger partial charge in [0.2, 0.25) is 0 Å². The fraction of sp³-hybridized carbons (Fsp3) is 0.143. The summed E-state index contributed by atoms with van der Waals surface area (Å²) in [5.41, 5.74) is 1.31. The summed E-state index contributed by atoms with van der Waals surface area (Å²) in [7, 11) is 0. The number of rotatable bonds is 4. The van der Waals surface area contributed by atoms with Crippen LogP contribution >= 0.6 is 11.6 Å². The topological polar surface area (TPSA) is 104 Å². The van der Waals surface area contributed by atoms with Crippen LogP contribution in [0.5, 0.6) is 0 Å². The fourth-order valence-electron chi connectivity index (χ4n) is 2.11. The highest BCUT2D eigenvalue weighted by Crippen LogP contribution is 2.19. The predicted octanol–water partition coefficient (Wildman–Crippen LogP) is 2.85. The highest BCUT2D eigenvalue weighted by atomic mass is 35.5. The Kier molecular flexibility index (Phi) is 3.98. The first-order valence-corrected chi connectivity index (χ1v) is 7.15. The lowest BCUT2D eigenvalue weighted by Crippen LogP contribution is -2.26. The number of nitrogens with one attached hydrogen (secondary N) is 2. The average Bonchev–Trinajstić information content (AvgIpc) is 2.89. The maximum absolute atomic E-state index is 10.8. The number of carboxylic acid groups (broad SMARTS) is 1. The fourth-order valence-corrected chi connectivity index (χ4v) is 2.30. The van der Waals surface area contributed by atoms with Gasteiger partial charge in [-0.05, 0) is 37.3 Å². The summed E-state index contributed by atoms with van der Waals surface area (Å²) in [5.74, 6) is 0.959. The van der Waals surface area contributed by atoms with Gasteiger partial charge < -0.3 is 15.7 Å². The van der Waals surface area contributed by atoms with E-state index >= 15 is 0 Å². The molecule has 0 saturated heterocycles. The molecule has 1 atom stereocenters. The van der Waals surface area contributed by atoms with Crippen LogP contribution in [-0.2, 0) is 0 Å². The van der Waals surface area contributed by atoms with E-state index in [4.69, 9.17) is 16.7 Å². The van der Waals surface area contributed by atoms with Crippen molar-refractivity contribution in [1.29, 1.82) is 0 Å². The Morgan fingerprint density at radius 2 is 2.13 bits per heavy atom. The second-order valence-corrected chi connectivity index (χ2v) is 5.29. The van der Waals surface area contributed by atoms with Crippen molar-refractivity contribution in [3.63, 3.8) is 0 Å². The number of anilines is 2. The standard InChI is InChI=1S/C14H13ClN6O2/c1-8(16-14(22)23)13-19-18-12-6-5-11(20-21(12)13)17-10-4-2-3-9(15)7-10/h2-8,16H,1H3,(H,17,20)(H,22,23).